The van der Waals surface area contributed by atoms with Gasteiger partial charge in [0.1, 0.15) is 5.76 Å². The van der Waals surface area contributed by atoms with Crippen molar-refractivity contribution in [2.24, 2.45) is 16.7 Å². The van der Waals surface area contributed by atoms with Gasteiger partial charge in [-0.3, -0.25) is 9.78 Å². The second-order valence-electron chi connectivity index (χ2n) is 14.7. The Morgan fingerprint density at radius 1 is 0.816 bits per heavy atom. The Kier molecular flexibility index (Phi) is 14.0. The molecule has 0 fully saturated rings. The molecule has 5 aromatic rings. The van der Waals surface area contributed by atoms with Gasteiger partial charge in [-0.2, -0.15) is 0 Å². The van der Waals surface area contributed by atoms with Gasteiger partial charge in [-0.25, -0.2) is 0 Å². The van der Waals surface area contributed by atoms with E-state index in [4.69, 9.17) is 4.98 Å². The number of benzene rings is 4. The molecule has 0 saturated carbocycles. The van der Waals surface area contributed by atoms with E-state index in [1.807, 2.05) is 47.7 Å². The first-order chi connectivity index (χ1) is 22.8. The summed E-state index contributed by atoms with van der Waals surface area (Å²) in [5.74, 6) is 1.37. The molecule has 1 aromatic heterocycles. The number of fused-ring (bicyclic) bond motifs is 4. The first-order valence-corrected chi connectivity index (χ1v) is 18.0. The van der Waals surface area contributed by atoms with E-state index in [0.29, 0.717) is 11.8 Å². The van der Waals surface area contributed by atoms with Gasteiger partial charge in [0, 0.05) is 48.9 Å². The van der Waals surface area contributed by atoms with Gasteiger partial charge in [-0.15, -0.1) is 29.1 Å². The van der Waals surface area contributed by atoms with Crippen LogP contribution < -0.4 is 0 Å². The molecule has 0 aliphatic heterocycles. The zero-order valence-electron chi connectivity index (χ0n) is 31.3. The van der Waals surface area contributed by atoms with Crippen molar-refractivity contribution in [3.63, 3.8) is 0 Å². The van der Waals surface area contributed by atoms with Crippen molar-refractivity contribution in [3.05, 3.63) is 102 Å². The van der Waals surface area contributed by atoms with Crippen LogP contribution in [-0.4, -0.2) is 15.9 Å². The maximum absolute atomic E-state index is 12.2. The topological polar surface area (TPSA) is 50.2 Å². The zero-order chi connectivity index (χ0) is 35.2. The standard InChI is InChI=1S/C30H28N.C15H28O2.Ir/c1-19(2)15-25-18-26(17-24-10-9-21-7-5-6-8-27(21)29(24)25)30-28-12-11-22(20(3)4)16-23(28)13-14-31-30;1-7-14(5,8-2)12(16)11-13(17)15(6,9-3)10-4;/h5-14,16,18-20H,15H2,1-4H3;11,16H,7-10H2,1-6H3;/q-1;;/b;12-11-;. The Morgan fingerprint density at radius 2 is 1.47 bits per heavy atom. The van der Waals surface area contributed by atoms with Gasteiger partial charge in [0.2, 0.25) is 0 Å². The molecule has 4 heteroatoms. The molecule has 1 heterocycles. The first kappa shape index (κ1) is 40.1. The average molecular weight is 835 g/mol. The minimum Gasteiger partial charge on any atom is -0.512 e. The molecular weight excluding hydrogens is 779 g/mol. The molecule has 0 aliphatic carbocycles. The van der Waals surface area contributed by atoms with Crippen LogP contribution in [0.3, 0.4) is 0 Å². The number of aliphatic hydroxyl groups excluding tert-OH is 1. The molecule has 0 saturated heterocycles. The van der Waals surface area contributed by atoms with Crippen LogP contribution in [0.4, 0.5) is 0 Å². The predicted molar refractivity (Wildman–Crippen MR) is 207 cm³/mol. The van der Waals surface area contributed by atoms with Crippen LogP contribution in [0.1, 0.15) is 112 Å². The van der Waals surface area contributed by atoms with Crippen LogP contribution in [0.5, 0.6) is 0 Å². The Morgan fingerprint density at radius 3 is 2.08 bits per heavy atom. The van der Waals surface area contributed by atoms with E-state index in [-0.39, 0.29) is 42.5 Å². The number of pyridine rings is 1. The maximum Gasteiger partial charge on any atom is 0.164 e. The summed E-state index contributed by atoms with van der Waals surface area (Å²) in [7, 11) is 0. The van der Waals surface area contributed by atoms with Crippen molar-refractivity contribution < 1.29 is 30.0 Å². The van der Waals surface area contributed by atoms with E-state index in [9.17, 15) is 9.90 Å². The molecule has 0 unspecified atom stereocenters. The molecule has 0 spiro atoms. The average Bonchev–Trinajstić information content (AvgIpc) is 3.09. The molecular formula is C45H56IrNO2-. The van der Waals surface area contributed by atoms with E-state index >= 15 is 0 Å². The number of ketones is 1. The first-order valence-electron chi connectivity index (χ1n) is 18.0. The van der Waals surface area contributed by atoms with E-state index in [0.717, 1.165) is 43.4 Å². The number of rotatable bonds is 11. The molecule has 5 rings (SSSR count). The summed E-state index contributed by atoms with van der Waals surface area (Å²) in [6, 6.07) is 28.0. The Bertz CT molecular complexity index is 1910. The monoisotopic (exact) mass is 835 g/mol. The fourth-order valence-corrected chi connectivity index (χ4v) is 6.33. The van der Waals surface area contributed by atoms with E-state index in [1.54, 1.807) is 0 Å². The third-order valence-electron chi connectivity index (χ3n) is 10.8. The molecule has 0 bridgehead atoms. The van der Waals surface area contributed by atoms with Crippen LogP contribution in [-0.2, 0) is 31.3 Å². The number of aliphatic hydroxyl groups is 1. The minimum absolute atomic E-state index is 0. The van der Waals surface area contributed by atoms with E-state index < -0.39 is 0 Å². The molecule has 263 valence electrons. The van der Waals surface area contributed by atoms with Crippen molar-refractivity contribution >= 4 is 38.1 Å². The maximum atomic E-state index is 12.2. The molecule has 0 aliphatic rings. The van der Waals surface area contributed by atoms with Gasteiger partial charge in [0.25, 0.3) is 0 Å². The number of carbonyl (C=O) groups is 1. The number of nitrogens with zero attached hydrogens (tertiary/aromatic N) is 1. The van der Waals surface area contributed by atoms with Gasteiger partial charge >= 0.3 is 0 Å². The summed E-state index contributed by atoms with van der Waals surface area (Å²) in [5, 5.41) is 17.7. The summed E-state index contributed by atoms with van der Waals surface area (Å²) in [5.41, 5.74) is 4.25. The molecule has 49 heavy (non-hydrogen) atoms. The summed E-state index contributed by atoms with van der Waals surface area (Å²) < 4.78 is 0. The Hall–Kier alpha value is -3.33. The SMILES string of the molecule is CC(C)Cc1cc(-c2nccc3cc(C(C)C)ccc23)[c-]c2ccc3ccccc3c12.CCC(C)(CC)C(=O)/C=C(\O)C(C)(CC)CC.[Ir]. The summed E-state index contributed by atoms with van der Waals surface area (Å²) in [6.45, 7) is 21.1. The van der Waals surface area contributed by atoms with Gasteiger partial charge in [0.15, 0.2) is 5.78 Å². The largest absolute Gasteiger partial charge is 0.512 e. The summed E-state index contributed by atoms with van der Waals surface area (Å²) in [4.78, 5) is 17.0. The van der Waals surface area contributed by atoms with Gasteiger partial charge in [-0.05, 0) is 77.1 Å². The van der Waals surface area contributed by atoms with Gasteiger partial charge in [0.05, 0.1) is 0 Å². The molecule has 0 amide bonds. The summed E-state index contributed by atoms with van der Waals surface area (Å²) in [6.07, 6.45) is 7.72. The van der Waals surface area contributed by atoms with Crippen molar-refractivity contribution in [2.45, 2.75) is 107 Å². The van der Waals surface area contributed by atoms with Crippen LogP contribution in [0.15, 0.2) is 84.8 Å². The number of allylic oxidation sites excluding steroid dienone is 2. The van der Waals surface area contributed by atoms with Crippen LogP contribution >= 0.6 is 0 Å². The molecule has 1 N–H and O–H groups in total. The molecule has 1 radical (unpaired) electrons. The number of carbonyl (C=O) groups excluding carboxylic acids is 1. The molecule has 3 nitrogen and oxygen atoms in total. The fourth-order valence-electron chi connectivity index (χ4n) is 6.33. The molecule has 0 atom stereocenters. The number of hydrogen-bond acceptors (Lipinski definition) is 3. The van der Waals surface area contributed by atoms with E-state index in [1.165, 1.54) is 49.5 Å². The zero-order valence-corrected chi connectivity index (χ0v) is 33.7. The quantitative estimate of drug-likeness (QED) is 0.0624. The van der Waals surface area contributed by atoms with Crippen LogP contribution in [0, 0.1) is 22.8 Å². The van der Waals surface area contributed by atoms with Crippen molar-refractivity contribution in [2.75, 3.05) is 0 Å². The Balaban J connectivity index is 0.000000312. The second-order valence-corrected chi connectivity index (χ2v) is 14.7. The third-order valence-corrected chi connectivity index (χ3v) is 10.8. The van der Waals surface area contributed by atoms with Crippen molar-refractivity contribution in [1.29, 1.82) is 0 Å². The Labute approximate surface area is 309 Å². The summed E-state index contributed by atoms with van der Waals surface area (Å²) >= 11 is 0. The van der Waals surface area contributed by atoms with E-state index in [2.05, 4.69) is 100 Å². The van der Waals surface area contributed by atoms with Crippen molar-refractivity contribution in [3.8, 4) is 11.3 Å². The van der Waals surface area contributed by atoms with Gasteiger partial charge in [-0.1, -0.05) is 129 Å². The normalized spacial score (nSPS) is 12.4. The molecule has 4 aromatic carbocycles. The van der Waals surface area contributed by atoms with Crippen LogP contribution in [0.25, 0.3) is 43.6 Å². The van der Waals surface area contributed by atoms with Crippen molar-refractivity contribution in [1.82, 2.24) is 4.98 Å². The van der Waals surface area contributed by atoms with Crippen LogP contribution in [0.2, 0.25) is 0 Å². The smallest absolute Gasteiger partial charge is 0.164 e. The van der Waals surface area contributed by atoms with Gasteiger partial charge < -0.3 is 5.11 Å². The number of hydrogen-bond donors (Lipinski definition) is 1. The minimum atomic E-state index is -0.337. The predicted octanol–water partition coefficient (Wildman–Crippen LogP) is 13.0. The fraction of sp³-hybridized carbons (Fsp3) is 0.422. The second kappa shape index (κ2) is 17.1. The number of aromatic nitrogens is 1. The third kappa shape index (κ3) is 8.89.